The molecule has 0 aliphatic carbocycles. The van der Waals surface area contributed by atoms with Crippen molar-refractivity contribution in [3.63, 3.8) is 0 Å². The van der Waals surface area contributed by atoms with Crippen molar-refractivity contribution in [3.05, 3.63) is 35.4 Å². The van der Waals surface area contributed by atoms with Gasteiger partial charge in [0.15, 0.2) is 0 Å². The van der Waals surface area contributed by atoms with Gasteiger partial charge in [0, 0.05) is 4.86 Å². The molecule has 4 heteroatoms. The van der Waals surface area contributed by atoms with E-state index in [0.29, 0.717) is 16.8 Å². The minimum atomic E-state index is -4.29. The highest BCUT2D eigenvalue weighted by Gasteiger charge is 2.30. The first-order chi connectivity index (χ1) is 6.45. The van der Waals surface area contributed by atoms with Gasteiger partial charge in [0.25, 0.3) is 0 Å². The Balaban J connectivity index is 3.08. The van der Waals surface area contributed by atoms with Gasteiger partial charge in [-0.15, -0.1) is 0 Å². The Hall–Kier alpha value is -0.900. The molecular weight excluding hydrogens is 209 g/mol. The van der Waals surface area contributed by atoms with E-state index >= 15 is 0 Å². The van der Waals surface area contributed by atoms with Crippen LogP contribution in [0, 0.1) is 0 Å². The Morgan fingerprint density at radius 1 is 1.36 bits per heavy atom. The predicted octanol–water partition coefficient (Wildman–Crippen LogP) is 3.83. The molecule has 0 bridgehead atoms. The van der Waals surface area contributed by atoms with Gasteiger partial charge in [0.2, 0.25) is 0 Å². The van der Waals surface area contributed by atoms with Gasteiger partial charge in [-0.05, 0) is 24.1 Å². The second-order valence-corrected chi connectivity index (χ2v) is 3.35. The second kappa shape index (κ2) is 4.09. The van der Waals surface area contributed by atoms with Crippen molar-refractivity contribution in [3.8, 4) is 0 Å². The first-order valence-corrected chi connectivity index (χ1v) is 4.56. The fraction of sp³-hybridized carbons (Fsp3) is 0.300. The third-order valence-electron chi connectivity index (χ3n) is 1.83. The summed E-state index contributed by atoms with van der Waals surface area (Å²) in [4.78, 5) is 0.552. The molecule has 0 unspecified atom stereocenters. The van der Waals surface area contributed by atoms with Crippen LogP contribution in [0.4, 0.5) is 13.2 Å². The zero-order chi connectivity index (χ0) is 10.8. The van der Waals surface area contributed by atoms with Crippen LogP contribution in [0.25, 0.3) is 0 Å². The lowest BCUT2D eigenvalue weighted by molar-refractivity contribution is -0.137. The molecule has 0 fully saturated rings. The molecule has 0 radical (unpaired) electrons. The number of alkyl halides is 3. The average molecular weight is 218 g/mol. The highest BCUT2D eigenvalue weighted by atomic mass is 32.1. The van der Waals surface area contributed by atoms with E-state index in [2.05, 4.69) is 0 Å². The summed E-state index contributed by atoms with van der Waals surface area (Å²) in [5.74, 6) is 0. The molecule has 0 aromatic heterocycles. The zero-order valence-corrected chi connectivity index (χ0v) is 8.38. The summed E-state index contributed by atoms with van der Waals surface area (Å²) >= 11 is 4.94. The molecule has 1 aromatic rings. The van der Waals surface area contributed by atoms with Crippen molar-refractivity contribution in [2.24, 2.45) is 0 Å². The topological polar surface area (TPSA) is 0 Å². The van der Waals surface area contributed by atoms with Crippen molar-refractivity contribution in [2.75, 3.05) is 0 Å². The van der Waals surface area contributed by atoms with E-state index < -0.39 is 11.7 Å². The Bertz CT molecular complexity index is 341. The van der Waals surface area contributed by atoms with E-state index in [1.165, 1.54) is 6.07 Å². The van der Waals surface area contributed by atoms with Crippen LogP contribution in [0.2, 0.25) is 0 Å². The molecule has 0 nitrogen and oxygen atoms in total. The highest BCUT2D eigenvalue weighted by Crippen LogP contribution is 2.29. The number of hydrogen-bond acceptors (Lipinski definition) is 1. The van der Waals surface area contributed by atoms with Crippen LogP contribution in [0.1, 0.15) is 24.5 Å². The molecule has 0 saturated heterocycles. The molecule has 0 N–H and O–H groups in total. The minimum Gasteiger partial charge on any atom is -0.166 e. The van der Waals surface area contributed by atoms with E-state index in [1.54, 1.807) is 6.07 Å². The van der Waals surface area contributed by atoms with Gasteiger partial charge >= 0.3 is 6.18 Å². The molecule has 0 aliphatic rings. The fourth-order valence-electron chi connectivity index (χ4n) is 1.07. The zero-order valence-electron chi connectivity index (χ0n) is 7.56. The van der Waals surface area contributed by atoms with Crippen LogP contribution < -0.4 is 0 Å². The van der Waals surface area contributed by atoms with Gasteiger partial charge in [-0.2, -0.15) is 13.2 Å². The Kier molecular flexibility index (Phi) is 3.26. The van der Waals surface area contributed by atoms with Gasteiger partial charge < -0.3 is 0 Å². The third-order valence-corrected chi connectivity index (χ3v) is 2.36. The van der Waals surface area contributed by atoms with Crippen molar-refractivity contribution in [2.45, 2.75) is 19.5 Å². The van der Waals surface area contributed by atoms with Gasteiger partial charge in [-0.1, -0.05) is 31.3 Å². The Morgan fingerprint density at radius 2 is 2.00 bits per heavy atom. The lowest BCUT2D eigenvalue weighted by Gasteiger charge is -2.08. The maximum atomic E-state index is 12.3. The van der Waals surface area contributed by atoms with Crippen LogP contribution in [0.5, 0.6) is 0 Å². The Labute approximate surface area is 85.7 Å². The van der Waals surface area contributed by atoms with Crippen LogP contribution in [-0.4, -0.2) is 4.86 Å². The quantitative estimate of drug-likeness (QED) is 0.537. The van der Waals surface area contributed by atoms with Crippen LogP contribution in [0.3, 0.4) is 0 Å². The lowest BCUT2D eigenvalue weighted by Crippen LogP contribution is -2.06. The first kappa shape index (κ1) is 11.2. The van der Waals surface area contributed by atoms with Gasteiger partial charge in [-0.25, -0.2) is 0 Å². The standard InChI is InChI=1S/C10H9F3S/c1-2-9(14)7-4-3-5-8(6-7)10(11,12)13/h3-6H,2H2,1H3. The molecule has 1 aromatic carbocycles. The predicted molar refractivity (Wildman–Crippen MR) is 53.4 cm³/mol. The average Bonchev–Trinajstić information content (AvgIpc) is 2.15. The monoisotopic (exact) mass is 218 g/mol. The number of benzene rings is 1. The Morgan fingerprint density at radius 3 is 2.50 bits per heavy atom. The van der Waals surface area contributed by atoms with E-state index in [-0.39, 0.29) is 0 Å². The summed E-state index contributed by atoms with van der Waals surface area (Å²) in [6, 6.07) is 5.11. The van der Waals surface area contributed by atoms with Gasteiger partial charge in [0.1, 0.15) is 0 Å². The maximum Gasteiger partial charge on any atom is 0.416 e. The molecule has 0 atom stereocenters. The second-order valence-electron chi connectivity index (χ2n) is 2.86. The summed E-state index contributed by atoms with van der Waals surface area (Å²) in [5.41, 5.74) is -0.164. The van der Waals surface area contributed by atoms with Crippen LogP contribution in [-0.2, 0) is 6.18 Å². The molecule has 0 aliphatic heterocycles. The molecule has 76 valence electrons. The summed E-state index contributed by atoms with van der Waals surface area (Å²) in [6.45, 7) is 1.82. The molecule has 0 saturated carbocycles. The SMILES string of the molecule is CCC(=S)c1cccc(C(F)(F)F)c1. The lowest BCUT2D eigenvalue weighted by atomic mass is 10.1. The summed E-state index contributed by atoms with van der Waals surface area (Å²) in [7, 11) is 0. The van der Waals surface area contributed by atoms with Crippen molar-refractivity contribution >= 4 is 17.1 Å². The van der Waals surface area contributed by atoms with Crippen LogP contribution >= 0.6 is 12.2 Å². The maximum absolute atomic E-state index is 12.3. The molecule has 1 rings (SSSR count). The van der Waals surface area contributed by atoms with E-state index in [0.717, 1.165) is 12.1 Å². The summed E-state index contributed by atoms with van der Waals surface area (Å²) in [6.07, 6.45) is -3.71. The van der Waals surface area contributed by atoms with Crippen molar-refractivity contribution in [1.29, 1.82) is 0 Å². The molecule has 0 amide bonds. The van der Waals surface area contributed by atoms with Crippen molar-refractivity contribution < 1.29 is 13.2 Å². The molecule has 0 heterocycles. The van der Waals surface area contributed by atoms with Crippen LogP contribution in [0.15, 0.2) is 24.3 Å². The molecule has 14 heavy (non-hydrogen) atoms. The molecular formula is C10H9F3S. The third kappa shape index (κ3) is 2.54. The minimum absolute atomic E-state index is 0.484. The number of hydrogen-bond donors (Lipinski definition) is 0. The normalized spacial score (nSPS) is 11.4. The smallest absolute Gasteiger partial charge is 0.166 e. The number of thiocarbonyl (C=S) groups is 1. The first-order valence-electron chi connectivity index (χ1n) is 4.15. The summed E-state index contributed by atoms with van der Waals surface area (Å²) in [5, 5.41) is 0. The van der Waals surface area contributed by atoms with Gasteiger partial charge in [-0.3, -0.25) is 0 Å². The van der Waals surface area contributed by atoms with E-state index in [1.807, 2.05) is 6.92 Å². The van der Waals surface area contributed by atoms with E-state index in [9.17, 15) is 13.2 Å². The molecule has 0 spiro atoms. The summed E-state index contributed by atoms with van der Waals surface area (Å²) < 4.78 is 36.9. The van der Waals surface area contributed by atoms with Crippen molar-refractivity contribution in [1.82, 2.24) is 0 Å². The fourth-order valence-corrected chi connectivity index (χ4v) is 1.20. The highest BCUT2D eigenvalue weighted by molar-refractivity contribution is 7.80. The largest absolute Gasteiger partial charge is 0.416 e. The van der Waals surface area contributed by atoms with Gasteiger partial charge in [0.05, 0.1) is 5.56 Å². The number of rotatable bonds is 2. The number of halogens is 3. The van der Waals surface area contributed by atoms with E-state index in [4.69, 9.17) is 12.2 Å².